The molecule has 0 bridgehead atoms. The van der Waals surface area contributed by atoms with Crippen molar-refractivity contribution in [3.8, 4) is 12.3 Å². The molecule has 0 radical (unpaired) electrons. The lowest BCUT2D eigenvalue weighted by Gasteiger charge is -2.25. The first-order valence-electron chi connectivity index (χ1n) is 4.97. The molecule has 1 N–H and O–H groups in total. The van der Waals surface area contributed by atoms with Crippen molar-refractivity contribution >= 4 is 0 Å². The summed E-state index contributed by atoms with van der Waals surface area (Å²) < 4.78 is 5.49. The third-order valence-electron chi connectivity index (χ3n) is 2.73. The minimum absolute atomic E-state index is 0.360. The standard InChI is InChI=1S/C11H19NO/c1-4-5-6-10(12-2)11(13-3)9-7-8-9/h1,9-12H,5-8H2,2-3H3. The van der Waals surface area contributed by atoms with Gasteiger partial charge in [-0.15, -0.1) is 12.3 Å². The van der Waals surface area contributed by atoms with E-state index in [1.54, 1.807) is 7.11 Å². The molecule has 13 heavy (non-hydrogen) atoms. The summed E-state index contributed by atoms with van der Waals surface area (Å²) in [5.41, 5.74) is 0. The molecule has 2 atom stereocenters. The number of likely N-dealkylation sites (N-methyl/N-ethyl adjacent to an activating group) is 1. The number of hydrogen-bond acceptors (Lipinski definition) is 2. The molecule has 1 aliphatic carbocycles. The predicted octanol–water partition coefficient (Wildman–Crippen LogP) is 1.41. The van der Waals surface area contributed by atoms with Crippen molar-refractivity contribution in [2.24, 2.45) is 5.92 Å². The van der Waals surface area contributed by atoms with Gasteiger partial charge in [0.05, 0.1) is 6.10 Å². The third-order valence-corrected chi connectivity index (χ3v) is 2.73. The van der Waals surface area contributed by atoms with Gasteiger partial charge >= 0.3 is 0 Å². The summed E-state index contributed by atoms with van der Waals surface area (Å²) in [6, 6.07) is 0.425. The summed E-state index contributed by atoms with van der Waals surface area (Å²) in [4.78, 5) is 0. The van der Waals surface area contributed by atoms with E-state index >= 15 is 0 Å². The van der Waals surface area contributed by atoms with Crippen LogP contribution in [0.25, 0.3) is 0 Å². The Morgan fingerprint density at radius 1 is 1.62 bits per heavy atom. The summed E-state index contributed by atoms with van der Waals surface area (Å²) >= 11 is 0. The Balaban J connectivity index is 2.37. The summed E-state index contributed by atoms with van der Waals surface area (Å²) in [6.45, 7) is 0. The maximum atomic E-state index is 5.49. The van der Waals surface area contributed by atoms with E-state index in [-0.39, 0.29) is 0 Å². The predicted molar refractivity (Wildman–Crippen MR) is 54.4 cm³/mol. The molecule has 1 fully saturated rings. The maximum absolute atomic E-state index is 5.49. The minimum Gasteiger partial charge on any atom is -0.380 e. The summed E-state index contributed by atoms with van der Waals surface area (Å²) in [6.07, 6.45) is 10.1. The molecule has 1 rings (SSSR count). The monoisotopic (exact) mass is 181 g/mol. The number of nitrogens with one attached hydrogen (secondary N) is 1. The largest absolute Gasteiger partial charge is 0.380 e. The van der Waals surface area contributed by atoms with Crippen LogP contribution >= 0.6 is 0 Å². The van der Waals surface area contributed by atoms with Crippen LogP contribution in [0.1, 0.15) is 25.7 Å². The zero-order valence-corrected chi connectivity index (χ0v) is 8.55. The van der Waals surface area contributed by atoms with Gasteiger partial charge in [0.2, 0.25) is 0 Å². The van der Waals surface area contributed by atoms with Crippen molar-refractivity contribution < 1.29 is 4.74 Å². The second kappa shape index (κ2) is 5.26. The number of terminal acetylenes is 1. The highest BCUT2D eigenvalue weighted by atomic mass is 16.5. The normalized spacial score (nSPS) is 20.7. The van der Waals surface area contributed by atoms with Crippen LogP contribution in [0.5, 0.6) is 0 Å². The lowest BCUT2D eigenvalue weighted by atomic mass is 10.0. The molecule has 74 valence electrons. The molecule has 2 nitrogen and oxygen atoms in total. The number of ether oxygens (including phenoxy) is 1. The molecular formula is C11H19NO. The first-order chi connectivity index (χ1) is 6.33. The zero-order chi connectivity index (χ0) is 9.68. The summed E-state index contributed by atoms with van der Waals surface area (Å²) in [7, 11) is 3.78. The van der Waals surface area contributed by atoms with Gasteiger partial charge < -0.3 is 10.1 Å². The first kappa shape index (κ1) is 10.6. The smallest absolute Gasteiger partial charge is 0.0752 e. The second-order valence-electron chi connectivity index (χ2n) is 3.68. The highest BCUT2D eigenvalue weighted by molar-refractivity contribution is 4.93. The highest BCUT2D eigenvalue weighted by Gasteiger charge is 2.35. The van der Waals surface area contributed by atoms with Gasteiger partial charge in [-0.2, -0.15) is 0 Å². The number of rotatable bonds is 6. The van der Waals surface area contributed by atoms with Gasteiger partial charge in [0.25, 0.3) is 0 Å². The van der Waals surface area contributed by atoms with Crippen molar-refractivity contribution in [1.29, 1.82) is 0 Å². The van der Waals surface area contributed by atoms with E-state index in [9.17, 15) is 0 Å². The third kappa shape index (κ3) is 3.02. The minimum atomic E-state index is 0.360. The van der Waals surface area contributed by atoms with Gasteiger partial charge in [-0.05, 0) is 32.2 Å². The fourth-order valence-corrected chi connectivity index (χ4v) is 1.82. The highest BCUT2D eigenvalue weighted by Crippen LogP contribution is 2.36. The van der Waals surface area contributed by atoms with Crippen molar-refractivity contribution in [3.05, 3.63) is 0 Å². The van der Waals surface area contributed by atoms with Crippen LogP contribution in [0, 0.1) is 18.3 Å². The molecule has 0 aliphatic heterocycles. The van der Waals surface area contributed by atoms with Gasteiger partial charge in [-0.3, -0.25) is 0 Å². The SMILES string of the molecule is C#CCCC(NC)C(OC)C1CC1. The van der Waals surface area contributed by atoms with Crippen LogP contribution in [0.4, 0.5) is 0 Å². The van der Waals surface area contributed by atoms with E-state index in [4.69, 9.17) is 11.2 Å². The van der Waals surface area contributed by atoms with Crippen molar-refractivity contribution in [2.75, 3.05) is 14.2 Å². The molecule has 0 heterocycles. The van der Waals surface area contributed by atoms with E-state index in [1.807, 2.05) is 7.05 Å². The Bertz CT molecular complexity index is 181. The Morgan fingerprint density at radius 3 is 2.69 bits per heavy atom. The molecule has 1 aliphatic rings. The van der Waals surface area contributed by atoms with Gasteiger partial charge in [0, 0.05) is 19.6 Å². The van der Waals surface area contributed by atoms with Gasteiger partial charge in [0.15, 0.2) is 0 Å². The van der Waals surface area contributed by atoms with E-state index in [2.05, 4.69) is 11.2 Å². The van der Waals surface area contributed by atoms with Crippen LogP contribution in [0.3, 0.4) is 0 Å². The van der Waals surface area contributed by atoms with Crippen molar-refractivity contribution in [1.82, 2.24) is 5.32 Å². The number of methoxy groups -OCH3 is 1. The molecular weight excluding hydrogens is 162 g/mol. The molecule has 0 aromatic heterocycles. The second-order valence-corrected chi connectivity index (χ2v) is 3.68. The summed E-state index contributed by atoms with van der Waals surface area (Å²) in [5.74, 6) is 3.44. The van der Waals surface area contributed by atoms with Gasteiger partial charge in [-0.1, -0.05) is 0 Å². The molecule has 2 heteroatoms. The van der Waals surface area contributed by atoms with E-state index in [1.165, 1.54) is 12.8 Å². The van der Waals surface area contributed by atoms with Crippen LogP contribution in [0.2, 0.25) is 0 Å². The quantitative estimate of drug-likeness (QED) is 0.626. The van der Waals surface area contributed by atoms with E-state index in [0.29, 0.717) is 12.1 Å². The van der Waals surface area contributed by atoms with Crippen LogP contribution in [-0.2, 0) is 4.74 Å². The zero-order valence-electron chi connectivity index (χ0n) is 8.55. The molecule has 0 saturated heterocycles. The lowest BCUT2D eigenvalue weighted by Crippen LogP contribution is -2.40. The Kier molecular flexibility index (Phi) is 4.27. The molecule has 0 aromatic carbocycles. The van der Waals surface area contributed by atoms with Crippen molar-refractivity contribution in [2.45, 2.75) is 37.8 Å². The van der Waals surface area contributed by atoms with E-state index in [0.717, 1.165) is 18.8 Å². The fraction of sp³-hybridized carbons (Fsp3) is 0.818. The first-order valence-corrected chi connectivity index (χ1v) is 4.97. The topological polar surface area (TPSA) is 21.3 Å². The van der Waals surface area contributed by atoms with Crippen LogP contribution in [0.15, 0.2) is 0 Å². The van der Waals surface area contributed by atoms with Crippen LogP contribution in [-0.4, -0.2) is 26.3 Å². The molecule has 2 unspecified atom stereocenters. The average Bonchev–Trinajstić information content (AvgIpc) is 2.95. The maximum Gasteiger partial charge on any atom is 0.0752 e. The number of hydrogen-bond donors (Lipinski definition) is 1. The fourth-order valence-electron chi connectivity index (χ4n) is 1.82. The van der Waals surface area contributed by atoms with Crippen molar-refractivity contribution in [3.63, 3.8) is 0 Å². The Morgan fingerprint density at radius 2 is 2.31 bits per heavy atom. The Labute approximate surface area is 81.0 Å². The van der Waals surface area contributed by atoms with Crippen LogP contribution < -0.4 is 5.32 Å². The average molecular weight is 181 g/mol. The van der Waals surface area contributed by atoms with Gasteiger partial charge in [-0.25, -0.2) is 0 Å². The molecule has 0 amide bonds. The lowest BCUT2D eigenvalue weighted by molar-refractivity contribution is 0.0512. The van der Waals surface area contributed by atoms with Gasteiger partial charge in [0.1, 0.15) is 0 Å². The Hall–Kier alpha value is -0.520. The molecule has 1 saturated carbocycles. The molecule has 0 aromatic rings. The summed E-state index contributed by atoms with van der Waals surface area (Å²) in [5, 5.41) is 3.29. The molecule has 0 spiro atoms. The van der Waals surface area contributed by atoms with E-state index < -0.39 is 0 Å².